The van der Waals surface area contributed by atoms with Crippen molar-refractivity contribution in [2.45, 2.75) is 409 Å². The topological polar surface area (TPSA) is 227 Å². The lowest BCUT2D eigenvalue weighted by Crippen LogP contribution is -2.45. The molecule has 17 nitrogen and oxygen atoms in total. The van der Waals surface area contributed by atoms with Gasteiger partial charge in [-0.1, -0.05) is 172 Å². The van der Waals surface area contributed by atoms with Gasteiger partial charge in [-0.25, -0.2) is 0 Å². The number of cyclic esters (lactones) is 3. The smallest absolute Gasteiger partial charge is 0.310 e. The van der Waals surface area contributed by atoms with Gasteiger partial charge in [0.25, 0.3) is 0 Å². The highest BCUT2D eigenvalue weighted by molar-refractivity contribution is 5.96. The van der Waals surface area contributed by atoms with E-state index in [0.29, 0.717) is 74.2 Å². The fourth-order valence-electron chi connectivity index (χ4n) is 15.0. The molecule has 634 valence electrons. The molecule has 0 spiro atoms. The van der Waals surface area contributed by atoms with Gasteiger partial charge in [-0.3, -0.25) is 43.2 Å². The van der Waals surface area contributed by atoms with Crippen LogP contribution in [0.3, 0.4) is 0 Å². The maximum Gasteiger partial charge on any atom is 0.310 e. The predicted octanol–water partition coefficient (Wildman–Crippen LogP) is 23.1. The molecule has 0 N–H and O–H groups in total. The first kappa shape index (κ1) is 111. The Labute approximate surface area is 658 Å². The lowest BCUT2D eigenvalue weighted by atomic mass is 9.56. The van der Waals surface area contributed by atoms with Crippen LogP contribution < -0.4 is 0 Å². The minimum absolute atomic E-state index is 0.0255. The highest BCUT2D eigenvalue weighted by Gasteiger charge is 2.61. The molecule has 0 aromatic rings. The number of carbonyl (C=O) groups excluding carboxylic acids is 9. The molecule has 8 heterocycles. The zero-order chi connectivity index (χ0) is 82.0. The quantitative estimate of drug-likeness (QED) is 0.162. The summed E-state index contributed by atoms with van der Waals surface area (Å²) in [6.07, 6.45) is 42.1. The number of rotatable bonds is 0. The fourth-order valence-corrected chi connectivity index (χ4v) is 15.0. The van der Waals surface area contributed by atoms with Gasteiger partial charge in [-0.05, 0) is 204 Å². The second-order valence-electron chi connectivity index (χ2n) is 26.5. The van der Waals surface area contributed by atoms with Gasteiger partial charge in [0.05, 0.1) is 31.7 Å². The summed E-state index contributed by atoms with van der Waals surface area (Å²) in [5.41, 5.74) is 0. The van der Waals surface area contributed by atoms with Crippen LogP contribution in [0.15, 0.2) is 0 Å². The summed E-state index contributed by atoms with van der Waals surface area (Å²) in [7, 11) is 0. The lowest BCUT2D eigenvalue weighted by Gasteiger charge is -2.48. The molecule has 10 aliphatic carbocycles. The third-order valence-corrected chi connectivity index (χ3v) is 19.7. The summed E-state index contributed by atoms with van der Waals surface area (Å²) in [6.45, 7) is 51.9. The van der Waals surface area contributed by atoms with Crippen molar-refractivity contribution in [3.05, 3.63) is 0 Å². The average molecular weight is 1530 g/mol. The van der Waals surface area contributed by atoms with Gasteiger partial charge in [0.2, 0.25) is 0 Å². The Morgan fingerprint density at radius 1 is 0.262 bits per heavy atom. The summed E-state index contributed by atoms with van der Waals surface area (Å²) >= 11 is 0. The van der Waals surface area contributed by atoms with E-state index in [0.717, 1.165) is 160 Å². The Balaban J connectivity index is -0.000000349. The number of Topliss-reactive ketones (excluding diaryl/α,β-unsaturated/α-hetero) is 4. The van der Waals surface area contributed by atoms with Crippen molar-refractivity contribution >= 4 is 53.0 Å². The minimum Gasteiger partial charge on any atom is -0.466 e. The molecular formula is C90H172O17. The molecule has 0 amide bonds. The fraction of sp³-hybridized carbons (Fsp3) is 0.900. The number of hydrogen-bond donors (Lipinski definition) is 0. The third kappa shape index (κ3) is 51.2. The van der Waals surface area contributed by atoms with Crippen molar-refractivity contribution in [3.8, 4) is 0 Å². The molecule has 18 aliphatic rings. The molecule has 18 rings (SSSR count). The SMILES string of the molecule is C1CCCOCC1.C1CCOC1.C1CCOCC1.CC.CC.CC.CC.CC.CC.CC.CC.CC.CC.CC.O=C1C2CC3CC(C2)CC1C3.O=C1CC2CCC1C2.O=C1CCCCC1.O=C1CCCCCO1.O=C1CCCCO1.O=C1CCCO1.O=C1OC2C(=O)C3CC1C2C3.O=C1OC2CCCC1C2. The number of hydrogen-bond acceptors (Lipinski definition) is 17. The van der Waals surface area contributed by atoms with Crippen LogP contribution in [-0.4, -0.2) is 125 Å². The molecule has 0 radical (unpaired) electrons. The van der Waals surface area contributed by atoms with Crippen molar-refractivity contribution < 1.29 is 81.0 Å². The van der Waals surface area contributed by atoms with Gasteiger partial charge in [0.15, 0.2) is 11.9 Å². The Hall–Kier alpha value is -4.09. The summed E-state index contributed by atoms with van der Waals surface area (Å²) in [5.74, 6) is 6.56. The van der Waals surface area contributed by atoms with Crippen LogP contribution in [0, 0.1) is 59.2 Å². The molecule has 8 unspecified atom stereocenters. The molecule has 8 atom stereocenters. The third-order valence-electron chi connectivity index (χ3n) is 19.7. The van der Waals surface area contributed by atoms with Crippen LogP contribution in [-0.2, 0) is 81.0 Å². The monoisotopic (exact) mass is 1530 g/mol. The largest absolute Gasteiger partial charge is 0.466 e. The van der Waals surface area contributed by atoms with Gasteiger partial charge in [0.1, 0.15) is 23.5 Å². The Morgan fingerprint density at radius 3 is 0.953 bits per heavy atom. The molecule has 107 heavy (non-hydrogen) atoms. The molecule has 8 saturated heterocycles. The van der Waals surface area contributed by atoms with E-state index in [1.807, 2.05) is 152 Å². The van der Waals surface area contributed by atoms with E-state index >= 15 is 0 Å². The molecule has 8 aliphatic heterocycles. The Morgan fingerprint density at radius 2 is 0.626 bits per heavy atom. The van der Waals surface area contributed by atoms with Gasteiger partial charge < -0.3 is 37.9 Å². The van der Waals surface area contributed by atoms with Gasteiger partial charge >= 0.3 is 29.8 Å². The highest BCUT2D eigenvalue weighted by Crippen LogP contribution is 2.53. The molecule has 10 saturated carbocycles. The standard InChI is InChI=1S/C10H14O.C8H8O3.C7H10O2.C7H10O.C6H10O2.C6H12O.C6H10O.C5H8O2.C5H10O.C4H6O2.C4H8O.11C2H6/c11-10-8-2-6-1-7(4-8)5-9(10)3-6;9-6-3-1-4-5(2-3)8(10)11-7(4)6;8-7-5-2-1-3-6(4-5)9-7;8-7-4-5-1-2-6(7)3-5;7-6-4-2-1-3-5-8-6;1-2-4-6-7-5-3-1;7-6-4-2-1-3-5-6;6-5-3-1-2-4-7-5;1-2-4-6-5-3-1;5-4-2-1-3-6-4;1-2-4-5-3-1;11*1-2/h6-9H,1-5H2;3-5,7H,1-2H2;5-6H,1-4H2;5-6H,1-4H2;1-5H2;1-6H2;1-5H2;1-4H2;1-5H2;1-3H2;1-4H2;11*1-2H3. The lowest BCUT2D eigenvalue weighted by molar-refractivity contribution is -0.147. The van der Waals surface area contributed by atoms with Crippen LogP contribution in [0.25, 0.3) is 0 Å². The van der Waals surface area contributed by atoms with E-state index in [4.69, 9.17) is 28.4 Å². The van der Waals surface area contributed by atoms with Crippen molar-refractivity contribution in [3.63, 3.8) is 0 Å². The maximum absolute atomic E-state index is 11.6. The van der Waals surface area contributed by atoms with Crippen LogP contribution in [0.1, 0.15) is 396 Å². The van der Waals surface area contributed by atoms with Crippen LogP contribution in [0.2, 0.25) is 0 Å². The van der Waals surface area contributed by atoms with E-state index in [2.05, 4.69) is 9.47 Å². The second-order valence-corrected chi connectivity index (χ2v) is 26.5. The van der Waals surface area contributed by atoms with E-state index in [1.54, 1.807) is 0 Å². The van der Waals surface area contributed by atoms with Gasteiger partial charge in [-0.15, -0.1) is 0 Å². The number of ketones is 4. The number of ether oxygens (including phenoxy) is 8. The van der Waals surface area contributed by atoms with Crippen LogP contribution in [0.4, 0.5) is 0 Å². The van der Waals surface area contributed by atoms with Crippen LogP contribution >= 0.6 is 0 Å². The molecule has 0 aromatic heterocycles. The van der Waals surface area contributed by atoms with Crippen molar-refractivity contribution in [1.29, 1.82) is 0 Å². The van der Waals surface area contributed by atoms with E-state index in [1.165, 1.54) is 122 Å². The van der Waals surface area contributed by atoms with Crippen molar-refractivity contribution in [2.24, 2.45) is 59.2 Å². The first-order valence-electron chi connectivity index (χ1n) is 45.1. The first-order valence-corrected chi connectivity index (χ1v) is 45.1. The van der Waals surface area contributed by atoms with E-state index in [-0.39, 0.29) is 71.5 Å². The van der Waals surface area contributed by atoms with Gasteiger partial charge in [-0.2, -0.15) is 0 Å². The number of fused-ring (bicyclic) bond motifs is 5. The zero-order valence-corrected chi connectivity index (χ0v) is 73.6. The first-order chi connectivity index (χ1) is 52.4. The average Bonchev–Trinajstić information content (AvgIpc) is 1.62. The molecule has 17 heteroatoms. The molecule has 18 fully saturated rings. The Kier molecular flexibility index (Phi) is 83.3. The van der Waals surface area contributed by atoms with Gasteiger partial charge in [0, 0.05) is 108 Å². The molecule has 0 aromatic carbocycles. The predicted molar refractivity (Wildman–Crippen MR) is 440 cm³/mol. The minimum atomic E-state index is -0.341. The van der Waals surface area contributed by atoms with E-state index in [9.17, 15) is 43.2 Å². The molecule has 10 bridgehead atoms. The second kappa shape index (κ2) is 80.0. The number of carbonyl (C=O) groups is 9. The zero-order valence-electron chi connectivity index (χ0n) is 73.6. The van der Waals surface area contributed by atoms with Crippen molar-refractivity contribution in [2.75, 3.05) is 59.5 Å². The van der Waals surface area contributed by atoms with Crippen molar-refractivity contribution in [1.82, 2.24) is 0 Å². The normalized spacial score (nSPS) is 27.9. The Bertz CT molecular complexity index is 1980. The summed E-state index contributed by atoms with van der Waals surface area (Å²) in [5, 5.41) is 0. The maximum atomic E-state index is 11.6. The van der Waals surface area contributed by atoms with E-state index < -0.39 is 0 Å². The summed E-state index contributed by atoms with van der Waals surface area (Å²) in [6, 6.07) is 0. The summed E-state index contributed by atoms with van der Waals surface area (Å²) < 4.78 is 39.1. The number of esters is 5. The van der Waals surface area contributed by atoms with Crippen LogP contribution in [0.5, 0.6) is 0 Å². The highest BCUT2D eigenvalue weighted by atomic mass is 16.6. The summed E-state index contributed by atoms with van der Waals surface area (Å²) in [4.78, 5) is 96.8. The molecular weight excluding hydrogens is 1350 g/mol.